The van der Waals surface area contributed by atoms with Gasteiger partial charge in [-0.1, -0.05) is 37.3 Å². The quantitative estimate of drug-likeness (QED) is 0.741. The summed E-state index contributed by atoms with van der Waals surface area (Å²) in [5.41, 5.74) is 1.72. The minimum atomic E-state index is -3.05. The number of aryl methyl sites for hydroxylation is 1. The van der Waals surface area contributed by atoms with E-state index in [0.717, 1.165) is 16.9 Å². The Bertz CT molecular complexity index is 876. The van der Waals surface area contributed by atoms with Gasteiger partial charge in [-0.25, -0.2) is 8.42 Å². The SMILES string of the molecule is CCc1ccc([C@@H](NCC(=O)N[C@@]2(C)CCS(=O)(=O)C2)c2cccs2)cc1. The molecule has 0 radical (unpaired) electrons. The van der Waals surface area contributed by atoms with Crippen LogP contribution < -0.4 is 10.6 Å². The molecular formula is C20H26N2O3S2. The van der Waals surface area contributed by atoms with Gasteiger partial charge in [-0.3, -0.25) is 10.1 Å². The number of carbonyl (C=O) groups excluding carboxylic acids is 1. The molecule has 0 saturated carbocycles. The zero-order valence-corrected chi connectivity index (χ0v) is 17.3. The second-order valence-electron chi connectivity index (χ2n) is 7.38. The van der Waals surface area contributed by atoms with Crippen molar-refractivity contribution in [1.82, 2.24) is 10.6 Å². The van der Waals surface area contributed by atoms with Gasteiger partial charge < -0.3 is 5.32 Å². The van der Waals surface area contributed by atoms with Crippen LogP contribution in [0.25, 0.3) is 0 Å². The fourth-order valence-corrected chi connectivity index (χ4v) is 6.39. The minimum Gasteiger partial charge on any atom is -0.349 e. The van der Waals surface area contributed by atoms with Gasteiger partial charge in [-0.05, 0) is 42.3 Å². The molecule has 146 valence electrons. The van der Waals surface area contributed by atoms with E-state index in [1.54, 1.807) is 18.3 Å². The van der Waals surface area contributed by atoms with E-state index in [-0.39, 0.29) is 30.0 Å². The fraction of sp³-hybridized carbons (Fsp3) is 0.450. The number of hydrogen-bond donors (Lipinski definition) is 2. The number of rotatable bonds is 7. The van der Waals surface area contributed by atoms with Crippen molar-refractivity contribution in [2.45, 2.75) is 38.3 Å². The van der Waals surface area contributed by atoms with Crippen LogP contribution in [0.3, 0.4) is 0 Å². The van der Waals surface area contributed by atoms with Gasteiger partial charge in [-0.15, -0.1) is 11.3 Å². The molecule has 2 atom stereocenters. The molecule has 3 rings (SSSR count). The largest absolute Gasteiger partial charge is 0.349 e. The number of benzene rings is 1. The third-order valence-electron chi connectivity index (χ3n) is 4.96. The van der Waals surface area contributed by atoms with Crippen molar-refractivity contribution in [3.05, 3.63) is 57.8 Å². The maximum Gasteiger partial charge on any atom is 0.234 e. The molecule has 2 N–H and O–H groups in total. The Kier molecular flexibility index (Phi) is 6.03. The van der Waals surface area contributed by atoms with Gasteiger partial charge in [0.1, 0.15) is 0 Å². The third kappa shape index (κ3) is 5.18. The Balaban J connectivity index is 1.67. The average molecular weight is 407 g/mol. The summed E-state index contributed by atoms with van der Waals surface area (Å²) in [7, 11) is -3.05. The van der Waals surface area contributed by atoms with Crippen LogP contribution in [0.5, 0.6) is 0 Å². The maximum atomic E-state index is 12.5. The number of carbonyl (C=O) groups is 1. The van der Waals surface area contributed by atoms with Gasteiger partial charge in [-0.2, -0.15) is 0 Å². The van der Waals surface area contributed by atoms with Crippen molar-refractivity contribution < 1.29 is 13.2 Å². The molecule has 5 nitrogen and oxygen atoms in total. The Morgan fingerprint density at radius 2 is 2.00 bits per heavy atom. The molecule has 0 spiro atoms. The highest BCUT2D eigenvalue weighted by Crippen LogP contribution is 2.27. The molecular weight excluding hydrogens is 380 g/mol. The van der Waals surface area contributed by atoms with Crippen LogP contribution in [0.4, 0.5) is 0 Å². The summed E-state index contributed by atoms with van der Waals surface area (Å²) in [6.45, 7) is 4.06. The van der Waals surface area contributed by atoms with Crippen molar-refractivity contribution in [3.63, 3.8) is 0 Å². The van der Waals surface area contributed by atoms with Crippen molar-refractivity contribution in [2.24, 2.45) is 0 Å². The lowest BCUT2D eigenvalue weighted by molar-refractivity contribution is -0.121. The van der Waals surface area contributed by atoms with E-state index in [0.29, 0.717) is 6.42 Å². The van der Waals surface area contributed by atoms with E-state index in [1.165, 1.54) is 5.56 Å². The molecule has 0 bridgehead atoms. The molecule has 2 heterocycles. The molecule has 2 aromatic rings. The Hall–Kier alpha value is -1.70. The van der Waals surface area contributed by atoms with Crippen molar-refractivity contribution in [3.8, 4) is 0 Å². The average Bonchev–Trinajstić information content (AvgIpc) is 3.23. The van der Waals surface area contributed by atoms with Crippen LogP contribution >= 0.6 is 11.3 Å². The van der Waals surface area contributed by atoms with E-state index in [4.69, 9.17) is 0 Å². The first-order chi connectivity index (χ1) is 12.8. The lowest BCUT2D eigenvalue weighted by atomic mass is 10.0. The highest BCUT2D eigenvalue weighted by molar-refractivity contribution is 7.91. The third-order valence-corrected chi connectivity index (χ3v) is 7.80. The maximum absolute atomic E-state index is 12.5. The summed E-state index contributed by atoms with van der Waals surface area (Å²) in [6.07, 6.45) is 1.45. The monoisotopic (exact) mass is 406 g/mol. The van der Waals surface area contributed by atoms with Gasteiger partial charge in [0.05, 0.1) is 29.6 Å². The van der Waals surface area contributed by atoms with Crippen LogP contribution in [0, 0.1) is 0 Å². The predicted octanol–water partition coefficient (Wildman–Crippen LogP) is 2.68. The summed E-state index contributed by atoms with van der Waals surface area (Å²) >= 11 is 1.65. The molecule has 1 saturated heterocycles. The number of thiophene rings is 1. The summed E-state index contributed by atoms with van der Waals surface area (Å²) < 4.78 is 23.4. The standard InChI is InChI=1S/C20H26N2O3S2/c1-3-15-6-8-16(9-7-15)19(17-5-4-11-26-17)21-13-18(23)22-20(2)10-12-27(24,25)14-20/h4-9,11,19,21H,3,10,12-14H2,1-2H3,(H,22,23)/t19-,20+/m1/s1. The van der Waals surface area contributed by atoms with Gasteiger partial charge in [0.15, 0.2) is 9.84 Å². The molecule has 1 aliphatic rings. The number of sulfone groups is 1. The zero-order valence-electron chi connectivity index (χ0n) is 15.7. The van der Waals surface area contributed by atoms with Crippen LogP contribution in [0.2, 0.25) is 0 Å². The Labute approximate surface area is 165 Å². The first kappa shape index (κ1) is 20.0. The molecule has 0 unspecified atom stereocenters. The predicted molar refractivity (Wildman–Crippen MR) is 110 cm³/mol. The number of hydrogen-bond acceptors (Lipinski definition) is 5. The van der Waals surface area contributed by atoms with Gasteiger partial charge >= 0.3 is 0 Å². The van der Waals surface area contributed by atoms with E-state index in [1.807, 2.05) is 11.4 Å². The highest BCUT2D eigenvalue weighted by atomic mass is 32.2. The molecule has 1 aliphatic heterocycles. The van der Waals surface area contributed by atoms with Crippen LogP contribution in [0.1, 0.15) is 42.3 Å². The van der Waals surface area contributed by atoms with Gasteiger partial charge in [0, 0.05) is 4.88 Å². The number of nitrogens with one attached hydrogen (secondary N) is 2. The second-order valence-corrected chi connectivity index (χ2v) is 10.5. The molecule has 0 aliphatic carbocycles. The Morgan fingerprint density at radius 1 is 1.26 bits per heavy atom. The second kappa shape index (κ2) is 8.12. The summed E-state index contributed by atoms with van der Waals surface area (Å²) in [5.74, 6) is -0.0291. The summed E-state index contributed by atoms with van der Waals surface area (Å²) in [4.78, 5) is 13.6. The van der Waals surface area contributed by atoms with E-state index >= 15 is 0 Å². The molecule has 27 heavy (non-hydrogen) atoms. The number of amides is 1. The highest BCUT2D eigenvalue weighted by Gasteiger charge is 2.39. The van der Waals surface area contributed by atoms with Crippen LogP contribution in [-0.2, 0) is 21.1 Å². The molecule has 1 amide bonds. The molecule has 1 aromatic heterocycles. The first-order valence-corrected chi connectivity index (χ1v) is 11.9. The Morgan fingerprint density at radius 3 is 2.56 bits per heavy atom. The lowest BCUT2D eigenvalue weighted by Crippen LogP contribution is -2.50. The first-order valence-electron chi connectivity index (χ1n) is 9.17. The van der Waals surface area contributed by atoms with E-state index in [9.17, 15) is 13.2 Å². The smallest absolute Gasteiger partial charge is 0.234 e. The van der Waals surface area contributed by atoms with Crippen LogP contribution in [0.15, 0.2) is 41.8 Å². The summed E-state index contributed by atoms with van der Waals surface area (Å²) in [5, 5.41) is 8.26. The fourth-order valence-electron chi connectivity index (χ4n) is 3.47. The van der Waals surface area contributed by atoms with Gasteiger partial charge in [0.25, 0.3) is 0 Å². The normalized spacial score (nSPS) is 22.4. The van der Waals surface area contributed by atoms with E-state index < -0.39 is 15.4 Å². The van der Waals surface area contributed by atoms with Crippen molar-refractivity contribution in [2.75, 3.05) is 18.1 Å². The zero-order chi connectivity index (χ0) is 19.5. The van der Waals surface area contributed by atoms with Crippen molar-refractivity contribution in [1.29, 1.82) is 0 Å². The topological polar surface area (TPSA) is 75.3 Å². The van der Waals surface area contributed by atoms with Gasteiger partial charge in [0.2, 0.25) is 5.91 Å². The molecule has 1 aromatic carbocycles. The lowest BCUT2D eigenvalue weighted by Gasteiger charge is -2.25. The van der Waals surface area contributed by atoms with E-state index in [2.05, 4.69) is 47.9 Å². The van der Waals surface area contributed by atoms with Crippen LogP contribution in [-0.4, -0.2) is 37.9 Å². The summed E-state index contributed by atoms with van der Waals surface area (Å²) in [6, 6.07) is 12.4. The minimum absolute atomic E-state index is 0.0125. The molecule has 1 fully saturated rings. The molecule has 7 heteroatoms. The van der Waals surface area contributed by atoms with Crippen molar-refractivity contribution >= 4 is 27.1 Å².